The topological polar surface area (TPSA) is 17.1 Å². The predicted octanol–water partition coefficient (Wildman–Crippen LogP) is 4.88. The van der Waals surface area contributed by atoms with Gasteiger partial charge in [-0.15, -0.1) is 5.54 Å². The predicted molar refractivity (Wildman–Crippen MR) is 94.6 cm³/mol. The minimum Gasteiger partial charge on any atom is -0.290 e. The highest BCUT2D eigenvalue weighted by molar-refractivity contribution is 6.87. The first-order valence-electron chi connectivity index (χ1n) is 7.19. The minimum absolute atomic E-state index is 0.0385. The normalized spacial score (nSPS) is 12.4. The fraction of sp³-hybridized carbons (Fsp3) is 0.316. The Morgan fingerprint density at radius 1 is 1.10 bits per heavy atom. The quantitative estimate of drug-likeness (QED) is 0.441. The van der Waals surface area contributed by atoms with Crippen molar-refractivity contribution >= 4 is 19.9 Å². The van der Waals surface area contributed by atoms with Crippen LogP contribution in [0.5, 0.6) is 0 Å². The van der Waals surface area contributed by atoms with Crippen LogP contribution in [0, 0.1) is 11.5 Å². The van der Waals surface area contributed by atoms with Gasteiger partial charge in [-0.1, -0.05) is 76.2 Å². The summed E-state index contributed by atoms with van der Waals surface area (Å²) in [7, 11) is -1.59. The second-order valence-electron chi connectivity index (χ2n) is 6.62. The number of ketones is 1. The first-order valence-corrected chi connectivity index (χ1v) is 10.2. The van der Waals surface area contributed by atoms with Crippen molar-refractivity contribution in [2.75, 3.05) is 0 Å². The molecule has 0 heterocycles. The highest BCUT2D eigenvalue weighted by Crippen LogP contribution is 2.34. The number of rotatable bonds is 3. The van der Waals surface area contributed by atoms with Crippen molar-refractivity contribution in [3.05, 3.63) is 54.1 Å². The molecule has 0 fully saturated rings. The van der Waals surface area contributed by atoms with Crippen LogP contribution in [0.3, 0.4) is 0 Å². The van der Waals surface area contributed by atoms with E-state index in [0.717, 1.165) is 5.56 Å². The van der Waals surface area contributed by atoms with E-state index in [2.05, 4.69) is 45.3 Å². The lowest BCUT2D eigenvalue weighted by Crippen LogP contribution is -2.35. The molecule has 0 aliphatic carbocycles. The van der Waals surface area contributed by atoms with Gasteiger partial charge in [0.1, 0.15) is 8.07 Å². The molecule has 0 unspecified atom stereocenters. The molecule has 0 aromatic heterocycles. The van der Waals surface area contributed by atoms with Crippen molar-refractivity contribution in [1.29, 1.82) is 0 Å². The molecule has 1 aromatic carbocycles. The summed E-state index contributed by atoms with van der Waals surface area (Å²) in [6, 6.07) is 9.78. The van der Waals surface area contributed by atoms with Crippen molar-refractivity contribution in [1.82, 2.24) is 0 Å². The maximum atomic E-state index is 11.7. The molecule has 0 saturated heterocycles. The molecule has 0 spiro atoms. The average Bonchev–Trinajstić information content (AvgIpc) is 2.41. The Bertz CT molecular complexity index is 590. The molecule has 0 radical (unpaired) electrons. The van der Waals surface area contributed by atoms with E-state index in [9.17, 15) is 4.79 Å². The number of hydrogen-bond donors (Lipinski definition) is 0. The molecule has 2 heteroatoms. The van der Waals surface area contributed by atoms with Crippen LogP contribution in [0.15, 0.2) is 48.6 Å². The standard InChI is InChI=1S/C19H24OSi/c1-19(2,3)21(4,5)16-10-9-13-18(20)15-14-17-11-7-6-8-12-17/h6-9,11-15H,1-5H3/b13-9-,15-14+. The highest BCUT2D eigenvalue weighted by Gasteiger charge is 2.33. The van der Waals surface area contributed by atoms with Crippen LogP contribution in [0.1, 0.15) is 26.3 Å². The molecule has 0 saturated carbocycles. The van der Waals surface area contributed by atoms with Gasteiger partial charge in [0.2, 0.25) is 0 Å². The zero-order chi connectivity index (χ0) is 15.9. The smallest absolute Gasteiger partial charge is 0.179 e. The number of carbonyl (C=O) groups is 1. The Hall–Kier alpha value is -1.85. The maximum absolute atomic E-state index is 11.7. The summed E-state index contributed by atoms with van der Waals surface area (Å²) < 4.78 is 0. The zero-order valence-corrected chi connectivity index (χ0v) is 14.6. The summed E-state index contributed by atoms with van der Waals surface area (Å²) in [4.78, 5) is 11.7. The van der Waals surface area contributed by atoms with Crippen LogP contribution in [0.2, 0.25) is 18.1 Å². The third kappa shape index (κ3) is 5.97. The van der Waals surface area contributed by atoms with E-state index in [-0.39, 0.29) is 10.8 Å². The van der Waals surface area contributed by atoms with Crippen molar-refractivity contribution in [2.24, 2.45) is 0 Å². The van der Waals surface area contributed by atoms with Crippen molar-refractivity contribution in [3.8, 4) is 11.5 Å². The third-order valence-electron chi connectivity index (χ3n) is 3.83. The second-order valence-corrected chi connectivity index (χ2v) is 11.6. The number of hydrogen-bond acceptors (Lipinski definition) is 1. The van der Waals surface area contributed by atoms with Gasteiger partial charge in [-0.2, -0.15) is 0 Å². The van der Waals surface area contributed by atoms with Crippen molar-refractivity contribution in [3.63, 3.8) is 0 Å². The summed E-state index contributed by atoms with van der Waals surface area (Å²) in [5, 5.41) is 0.241. The van der Waals surface area contributed by atoms with Gasteiger partial charge in [-0.05, 0) is 28.8 Å². The van der Waals surface area contributed by atoms with E-state index >= 15 is 0 Å². The number of benzene rings is 1. The zero-order valence-electron chi connectivity index (χ0n) is 13.6. The monoisotopic (exact) mass is 296 g/mol. The fourth-order valence-corrected chi connectivity index (χ4v) is 2.15. The van der Waals surface area contributed by atoms with Gasteiger partial charge in [0.05, 0.1) is 0 Å². The Morgan fingerprint density at radius 3 is 2.29 bits per heavy atom. The second kappa shape index (κ2) is 7.24. The molecular weight excluding hydrogens is 272 g/mol. The van der Waals surface area contributed by atoms with Crippen molar-refractivity contribution < 1.29 is 4.79 Å². The molecular formula is C19H24OSi. The molecule has 110 valence electrons. The van der Waals surface area contributed by atoms with Crippen LogP contribution in [0.4, 0.5) is 0 Å². The summed E-state index contributed by atoms with van der Waals surface area (Å²) in [5.41, 5.74) is 4.37. The number of carbonyl (C=O) groups excluding carboxylic acids is 1. The summed E-state index contributed by atoms with van der Waals surface area (Å²) >= 11 is 0. The molecule has 0 atom stereocenters. The first kappa shape index (κ1) is 17.2. The maximum Gasteiger partial charge on any atom is 0.179 e. The van der Waals surface area contributed by atoms with E-state index in [1.165, 1.54) is 6.08 Å². The molecule has 0 aliphatic heterocycles. The molecule has 1 nitrogen and oxygen atoms in total. The van der Waals surface area contributed by atoms with Gasteiger partial charge < -0.3 is 0 Å². The lowest BCUT2D eigenvalue weighted by atomic mass is 10.2. The van der Waals surface area contributed by atoms with Crippen LogP contribution in [-0.4, -0.2) is 13.9 Å². The Kier molecular flexibility index (Phi) is 5.93. The molecule has 0 N–H and O–H groups in total. The average molecular weight is 296 g/mol. The summed E-state index contributed by atoms with van der Waals surface area (Å²) in [6.45, 7) is 11.2. The van der Waals surface area contributed by atoms with E-state index < -0.39 is 8.07 Å². The van der Waals surface area contributed by atoms with E-state index in [0.29, 0.717) is 0 Å². The molecule has 21 heavy (non-hydrogen) atoms. The van der Waals surface area contributed by atoms with E-state index in [1.54, 1.807) is 12.2 Å². The number of allylic oxidation sites excluding steroid dienone is 3. The van der Waals surface area contributed by atoms with E-state index in [4.69, 9.17) is 0 Å². The van der Waals surface area contributed by atoms with Crippen LogP contribution < -0.4 is 0 Å². The van der Waals surface area contributed by atoms with Gasteiger partial charge >= 0.3 is 0 Å². The van der Waals surface area contributed by atoms with Crippen LogP contribution >= 0.6 is 0 Å². The fourth-order valence-electron chi connectivity index (χ4n) is 1.33. The molecule has 0 aliphatic rings. The van der Waals surface area contributed by atoms with Gasteiger partial charge in [0.15, 0.2) is 5.78 Å². The molecule has 0 amide bonds. The van der Waals surface area contributed by atoms with E-state index in [1.807, 2.05) is 36.4 Å². The largest absolute Gasteiger partial charge is 0.290 e. The molecule has 0 bridgehead atoms. The SMILES string of the molecule is CC(C)(C)[Si](C)(C)C#C/C=C\C(=O)/C=C/c1ccccc1. The van der Waals surface area contributed by atoms with Gasteiger partial charge in [0.25, 0.3) is 0 Å². The Labute approximate surface area is 129 Å². The van der Waals surface area contributed by atoms with Gasteiger partial charge in [-0.25, -0.2) is 0 Å². The Balaban J connectivity index is 2.63. The van der Waals surface area contributed by atoms with Crippen molar-refractivity contribution in [2.45, 2.75) is 38.9 Å². The van der Waals surface area contributed by atoms with Gasteiger partial charge in [0, 0.05) is 0 Å². The molecule has 1 aromatic rings. The van der Waals surface area contributed by atoms with Crippen LogP contribution in [0.25, 0.3) is 6.08 Å². The first-order chi connectivity index (χ1) is 9.72. The van der Waals surface area contributed by atoms with Gasteiger partial charge in [-0.3, -0.25) is 4.79 Å². The molecule has 1 rings (SSSR count). The lowest BCUT2D eigenvalue weighted by molar-refractivity contribution is -0.110. The van der Waals surface area contributed by atoms with Crippen LogP contribution in [-0.2, 0) is 4.79 Å². The minimum atomic E-state index is -1.59. The Morgan fingerprint density at radius 2 is 1.71 bits per heavy atom. The summed E-state index contributed by atoms with van der Waals surface area (Å²) in [5.74, 6) is 3.00. The highest BCUT2D eigenvalue weighted by atomic mass is 28.3. The summed E-state index contributed by atoms with van der Waals surface area (Å²) in [6.07, 6.45) is 6.57. The third-order valence-corrected chi connectivity index (χ3v) is 8.35. The lowest BCUT2D eigenvalue weighted by Gasteiger charge is -2.31.